The first kappa shape index (κ1) is 14.8. The Morgan fingerprint density at radius 2 is 1.61 bits per heavy atom. The molecular weight excluding hydrogens is 230 g/mol. The largest absolute Gasteiger partial charge is 0.496 e. The Balaban J connectivity index is 3.06. The summed E-state index contributed by atoms with van der Waals surface area (Å²) in [7, 11) is 5.04. The maximum Gasteiger partial charge on any atom is 0.122 e. The fourth-order valence-corrected chi connectivity index (χ4v) is 1.94. The number of nitrogens with two attached hydrogens (primary N) is 1. The molecule has 2 N–H and O–H groups in total. The molecule has 0 unspecified atom stereocenters. The monoisotopic (exact) mass is 253 g/mol. The zero-order valence-electron chi connectivity index (χ0n) is 11.7. The molecule has 0 aliphatic heterocycles. The highest BCUT2D eigenvalue weighted by atomic mass is 16.5. The molecule has 0 aromatic heterocycles. The molecule has 4 heteroatoms. The zero-order valence-corrected chi connectivity index (χ0v) is 11.7. The van der Waals surface area contributed by atoms with Crippen LogP contribution >= 0.6 is 0 Å². The predicted octanol–water partition coefficient (Wildman–Crippen LogP) is 1.78. The van der Waals surface area contributed by atoms with Gasteiger partial charge in [0.1, 0.15) is 11.5 Å². The third-order valence-electron chi connectivity index (χ3n) is 2.80. The van der Waals surface area contributed by atoms with Gasteiger partial charge in [-0.1, -0.05) is 0 Å². The van der Waals surface area contributed by atoms with E-state index in [1.165, 1.54) is 0 Å². The Hall–Kier alpha value is -1.26. The second-order valence-corrected chi connectivity index (χ2v) is 4.40. The standard InChI is InChI=1S/C14H23NO3/c1-10(15)7-12-9-13(17-3)11(5-6-16-2)8-14(12)18-4/h8-10H,5-7,15H2,1-4H3/t10-/m1/s1. The zero-order chi connectivity index (χ0) is 13.5. The van der Waals surface area contributed by atoms with Gasteiger partial charge in [-0.25, -0.2) is 0 Å². The summed E-state index contributed by atoms with van der Waals surface area (Å²) in [6.07, 6.45) is 1.57. The van der Waals surface area contributed by atoms with Crippen LogP contribution < -0.4 is 15.2 Å². The lowest BCUT2D eigenvalue weighted by Crippen LogP contribution is -2.18. The van der Waals surface area contributed by atoms with Crippen LogP contribution in [0.15, 0.2) is 12.1 Å². The number of methoxy groups -OCH3 is 3. The van der Waals surface area contributed by atoms with Crippen molar-refractivity contribution < 1.29 is 14.2 Å². The Bertz CT molecular complexity index is 378. The van der Waals surface area contributed by atoms with Gasteiger partial charge in [0, 0.05) is 18.7 Å². The second kappa shape index (κ2) is 7.24. The highest BCUT2D eigenvalue weighted by Crippen LogP contribution is 2.30. The van der Waals surface area contributed by atoms with Crippen molar-refractivity contribution in [3.8, 4) is 11.5 Å². The molecule has 0 fully saturated rings. The van der Waals surface area contributed by atoms with Crippen LogP contribution in [0.3, 0.4) is 0 Å². The molecule has 0 saturated carbocycles. The third-order valence-corrected chi connectivity index (χ3v) is 2.80. The van der Waals surface area contributed by atoms with Gasteiger partial charge >= 0.3 is 0 Å². The van der Waals surface area contributed by atoms with Gasteiger partial charge in [0.2, 0.25) is 0 Å². The molecule has 0 aliphatic rings. The molecule has 1 aromatic rings. The molecular formula is C14H23NO3. The maximum atomic E-state index is 5.84. The first-order valence-corrected chi connectivity index (χ1v) is 6.10. The SMILES string of the molecule is COCCc1cc(OC)c(C[C@@H](C)N)cc1OC. The Morgan fingerprint density at radius 3 is 2.11 bits per heavy atom. The van der Waals surface area contributed by atoms with E-state index in [0.717, 1.165) is 35.5 Å². The van der Waals surface area contributed by atoms with Crippen molar-refractivity contribution in [1.29, 1.82) is 0 Å². The van der Waals surface area contributed by atoms with E-state index >= 15 is 0 Å². The van der Waals surface area contributed by atoms with Crippen molar-refractivity contribution >= 4 is 0 Å². The fourth-order valence-electron chi connectivity index (χ4n) is 1.94. The van der Waals surface area contributed by atoms with E-state index in [4.69, 9.17) is 19.9 Å². The van der Waals surface area contributed by atoms with Crippen LogP contribution in [0, 0.1) is 0 Å². The number of benzene rings is 1. The third kappa shape index (κ3) is 3.89. The van der Waals surface area contributed by atoms with E-state index in [1.54, 1.807) is 21.3 Å². The molecule has 18 heavy (non-hydrogen) atoms. The van der Waals surface area contributed by atoms with Crippen molar-refractivity contribution in [1.82, 2.24) is 0 Å². The van der Waals surface area contributed by atoms with E-state index in [-0.39, 0.29) is 6.04 Å². The van der Waals surface area contributed by atoms with E-state index in [0.29, 0.717) is 6.61 Å². The Kier molecular flexibility index (Phi) is 5.95. The minimum absolute atomic E-state index is 0.0911. The molecule has 0 amide bonds. The van der Waals surface area contributed by atoms with Crippen molar-refractivity contribution in [2.45, 2.75) is 25.8 Å². The predicted molar refractivity (Wildman–Crippen MR) is 72.5 cm³/mol. The van der Waals surface area contributed by atoms with Crippen molar-refractivity contribution in [2.24, 2.45) is 5.73 Å². The molecule has 0 radical (unpaired) electrons. The van der Waals surface area contributed by atoms with E-state index < -0.39 is 0 Å². The van der Waals surface area contributed by atoms with Crippen LogP contribution in [0.25, 0.3) is 0 Å². The van der Waals surface area contributed by atoms with Gasteiger partial charge < -0.3 is 19.9 Å². The highest BCUT2D eigenvalue weighted by Gasteiger charge is 2.12. The van der Waals surface area contributed by atoms with Crippen LogP contribution in [0.1, 0.15) is 18.1 Å². The van der Waals surface area contributed by atoms with Crippen molar-refractivity contribution in [3.63, 3.8) is 0 Å². The molecule has 0 aliphatic carbocycles. The van der Waals surface area contributed by atoms with Gasteiger partial charge in [-0.15, -0.1) is 0 Å². The molecule has 0 spiro atoms. The van der Waals surface area contributed by atoms with Gasteiger partial charge in [0.15, 0.2) is 0 Å². The summed E-state index contributed by atoms with van der Waals surface area (Å²) in [4.78, 5) is 0. The number of hydrogen-bond donors (Lipinski definition) is 1. The molecule has 1 aromatic carbocycles. The summed E-state index contributed by atoms with van der Waals surface area (Å²) in [6, 6.07) is 4.11. The maximum absolute atomic E-state index is 5.84. The summed E-state index contributed by atoms with van der Waals surface area (Å²) in [5.41, 5.74) is 8.00. The lowest BCUT2D eigenvalue weighted by Gasteiger charge is -2.16. The summed E-state index contributed by atoms with van der Waals surface area (Å²) >= 11 is 0. The number of ether oxygens (including phenoxy) is 3. The minimum atomic E-state index is 0.0911. The van der Waals surface area contributed by atoms with Gasteiger partial charge in [0.05, 0.1) is 20.8 Å². The smallest absolute Gasteiger partial charge is 0.122 e. The average Bonchev–Trinajstić information content (AvgIpc) is 2.35. The van der Waals surface area contributed by atoms with Gasteiger partial charge in [-0.2, -0.15) is 0 Å². The first-order valence-electron chi connectivity index (χ1n) is 6.10. The Morgan fingerprint density at radius 1 is 1.06 bits per heavy atom. The molecule has 102 valence electrons. The molecule has 1 rings (SSSR count). The van der Waals surface area contributed by atoms with Crippen LogP contribution in [0.5, 0.6) is 11.5 Å². The Labute approximate surface area is 109 Å². The normalized spacial score (nSPS) is 12.3. The molecule has 1 atom stereocenters. The average molecular weight is 253 g/mol. The van der Waals surface area contributed by atoms with E-state index in [2.05, 4.69) is 0 Å². The molecule has 0 saturated heterocycles. The fraction of sp³-hybridized carbons (Fsp3) is 0.571. The van der Waals surface area contributed by atoms with Crippen molar-refractivity contribution in [2.75, 3.05) is 27.9 Å². The summed E-state index contributed by atoms with van der Waals surface area (Å²) < 4.78 is 15.9. The summed E-state index contributed by atoms with van der Waals surface area (Å²) in [6.45, 7) is 2.64. The lowest BCUT2D eigenvalue weighted by molar-refractivity contribution is 0.201. The molecule has 0 bridgehead atoms. The number of rotatable bonds is 7. The van der Waals surface area contributed by atoms with Gasteiger partial charge in [-0.3, -0.25) is 0 Å². The molecule has 0 heterocycles. The quantitative estimate of drug-likeness (QED) is 0.805. The van der Waals surface area contributed by atoms with Gasteiger partial charge in [-0.05, 0) is 37.5 Å². The van der Waals surface area contributed by atoms with Gasteiger partial charge in [0.25, 0.3) is 0 Å². The van der Waals surface area contributed by atoms with Crippen molar-refractivity contribution in [3.05, 3.63) is 23.3 Å². The molecule has 4 nitrogen and oxygen atoms in total. The topological polar surface area (TPSA) is 53.7 Å². The summed E-state index contributed by atoms with van der Waals surface area (Å²) in [5, 5.41) is 0. The first-order chi connectivity index (χ1) is 8.62. The number of hydrogen-bond acceptors (Lipinski definition) is 4. The minimum Gasteiger partial charge on any atom is -0.496 e. The van der Waals surface area contributed by atoms with E-state index in [9.17, 15) is 0 Å². The van der Waals surface area contributed by atoms with Crippen LogP contribution in [0.2, 0.25) is 0 Å². The second-order valence-electron chi connectivity index (χ2n) is 4.40. The van der Waals surface area contributed by atoms with Crippen LogP contribution in [-0.4, -0.2) is 34.0 Å². The summed E-state index contributed by atoms with van der Waals surface area (Å²) in [5.74, 6) is 1.72. The highest BCUT2D eigenvalue weighted by molar-refractivity contribution is 5.47. The van der Waals surface area contributed by atoms with Crippen LogP contribution in [0.4, 0.5) is 0 Å². The van der Waals surface area contributed by atoms with Crippen LogP contribution in [-0.2, 0) is 17.6 Å². The lowest BCUT2D eigenvalue weighted by atomic mass is 10.0. The van der Waals surface area contributed by atoms with E-state index in [1.807, 2.05) is 19.1 Å².